The van der Waals surface area contributed by atoms with Crippen LogP contribution in [0.25, 0.3) is 0 Å². The van der Waals surface area contributed by atoms with Gasteiger partial charge >= 0.3 is 0 Å². The number of thiophene rings is 1. The molecule has 29 heavy (non-hydrogen) atoms. The summed E-state index contributed by atoms with van der Waals surface area (Å²) >= 11 is 1.63. The highest BCUT2D eigenvalue weighted by Crippen LogP contribution is 2.40. The zero-order valence-electron chi connectivity index (χ0n) is 15.8. The van der Waals surface area contributed by atoms with Gasteiger partial charge in [-0.05, 0) is 67.1 Å². The fourth-order valence-corrected chi connectivity index (χ4v) is 4.95. The van der Waals surface area contributed by atoms with Crippen LogP contribution in [0.15, 0.2) is 53.5 Å². The summed E-state index contributed by atoms with van der Waals surface area (Å²) in [6.07, 6.45) is 6.02. The molecule has 3 aromatic rings. The number of aliphatic imine (C=N–C) groups is 1. The van der Waals surface area contributed by atoms with Crippen LogP contribution in [0.5, 0.6) is 11.5 Å². The number of carbonyl (C=O) groups excluding carboxylic acids is 1. The maximum Gasteiger partial charge on any atom is 0.259 e. The average molecular weight is 404 g/mol. The van der Waals surface area contributed by atoms with Crippen LogP contribution in [0.3, 0.4) is 0 Å². The second-order valence-electron chi connectivity index (χ2n) is 7.08. The third-order valence-corrected chi connectivity index (χ3v) is 6.34. The summed E-state index contributed by atoms with van der Waals surface area (Å²) in [7, 11) is 0. The molecule has 2 aromatic carbocycles. The monoisotopic (exact) mass is 404 g/mol. The molecule has 0 bridgehead atoms. The number of hydrogen-bond acceptors (Lipinski definition) is 5. The molecule has 0 radical (unpaired) electrons. The Bertz CT molecular complexity index is 1090. The van der Waals surface area contributed by atoms with E-state index in [1.807, 2.05) is 48.5 Å². The first kappa shape index (κ1) is 17.9. The van der Waals surface area contributed by atoms with Gasteiger partial charge in [-0.1, -0.05) is 18.2 Å². The third-order valence-electron chi connectivity index (χ3n) is 5.14. The maximum atomic E-state index is 13.1. The Kier molecular flexibility index (Phi) is 4.77. The zero-order chi connectivity index (χ0) is 19.6. The number of anilines is 1. The van der Waals surface area contributed by atoms with Crippen molar-refractivity contribution in [2.75, 3.05) is 12.1 Å². The van der Waals surface area contributed by atoms with E-state index in [4.69, 9.17) is 14.5 Å². The van der Waals surface area contributed by atoms with Gasteiger partial charge in [-0.25, -0.2) is 4.99 Å². The number of amides is 1. The van der Waals surface area contributed by atoms with Crippen LogP contribution >= 0.6 is 11.3 Å². The van der Waals surface area contributed by atoms with E-state index < -0.39 is 0 Å². The lowest BCUT2D eigenvalue weighted by atomic mass is 9.95. The molecule has 1 N–H and O–H groups in total. The molecule has 0 atom stereocenters. The minimum absolute atomic E-state index is 0.0894. The van der Waals surface area contributed by atoms with Crippen LogP contribution in [0.1, 0.15) is 39.2 Å². The molecule has 6 heteroatoms. The largest absolute Gasteiger partial charge is 0.454 e. The minimum atomic E-state index is -0.0894. The fourth-order valence-electron chi connectivity index (χ4n) is 3.72. The lowest BCUT2D eigenvalue weighted by Crippen LogP contribution is -2.14. The number of rotatable bonds is 4. The minimum Gasteiger partial charge on any atom is -0.454 e. The molecular formula is C23H20N2O3S. The number of ether oxygens (including phenoxy) is 2. The normalized spacial score (nSPS) is 14.8. The third kappa shape index (κ3) is 3.63. The van der Waals surface area contributed by atoms with Crippen molar-refractivity contribution in [1.29, 1.82) is 0 Å². The van der Waals surface area contributed by atoms with Crippen LogP contribution in [0.4, 0.5) is 10.7 Å². The highest BCUT2D eigenvalue weighted by Gasteiger charge is 2.25. The summed E-state index contributed by atoms with van der Waals surface area (Å²) in [6, 6.07) is 15.3. The lowest BCUT2D eigenvalue weighted by molar-refractivity contribution is 0.102. The molecule has 0 saturated carbocycles. The van der Waals surface area contributed by atoms with E-state index in [1.54, 1.807) is 17.6 Å². The summed E-state index contributed by atoms with van der Waals surface area (Å²) in [5.41, 5.74) is 3.58. The fraction of sp³-hybridized carbons (Fsp3) is 0.217. The van der Waals surface area contributed by atoms with Crippen molar-refractivity contribution in [2.24, 2.45) is 4.99 Å². The Labute approximate surface area is 173 Å². The number of nitrogens with one attached hydrogen (secondary N) is 1. The van der Waals surface area contributed by atoms with Crippen molar-refractivity contribution in [3.63, 3.8) is 0 Å². The Morgan fingerprint density at radius 3 is 2.76 bits per heavy atom. The Balaban J connectivity index is 1.47. The number of nitrogens with zero attached hydrogens (tertiary/aromatic N) is 1. The molecule has 146 valence electrons. The van der Waals surface area contributed by atoms with E-state index in [0.717, 1.165) is 52.6 Å². The SMILES string of the molecule is O=C(Nc1ccccc1)c1c(N=Cc2ccc3c(c2)OCO3)sc2c1CCCC2. The van der Waals surface area contributed by atoms with Gasteiger partial charge in [0.2, 0.25) is 6.79 Å². The predicted octanol–water partition coefficient (Wildman–Crippen LogP) is 5.36. The first-order valence-electron chi connectivity index (χ1n) is 9.72. The van der Waals surface area contributed by atoms with Gasteiger partial charge in [0.15, 0.2) is 11.5 Å². The van der Waals surface area contributed by atoms with Gasteiger partial charge in [0, 0.05) is 16.8 Å². The summed E-state index contributed by atoms with van der Waals surface area (Å²) in [5.74, 6) is 1.38. The molecule has 1 aliphatic carbocycles. The van der Waals surface area contributed by atoms with Gasteiger partial charge in [0.05, 0.1) is 5.56 Å². The molecule has 0 unspecified atom stereocenters. The van der Waals surface area contributed by atoms with E-state index in [1.165, 1.54) is 11.3 Å². The molecule has 0 spiro atoms. The van der Waals surface area contributed by atoms with Gasteiger partial charge in [0.25, 0.3) is 5.91 Å². The molecule has 2 aliphatic rings. The van der Waals surface area contributed by atoms with Crippen molar-refractivity contribution in [1.82, 2.24) is 0 Å². The Morgan fingerprint density at radius 2 is 1.86 bits per heavy atom. The Hall–Kier alpha value is -3.12. The van der Waals surface area contributed by atoms with Gasteiger partial charge < -0.3 is 14.8 Å². The smallest absolute Gasteiger partial charge is 0.259 e. The van der Waals surface area contributed by atoms with Crippen molar-refractivity contribution in [2.45, 2.75) is 25.7 Å². The van der Waals surface area contributed by atoms with Crippen molar-refractivity contribution in [3.8, 4) is 11.5 Å². The number of aryl methyl sites for hydroxylation is 1. The molecule has 0 fully saturated rings. The molecule has 2 heterocycles. The predicted molar refractivity (Wildman–Crippen MR) is 115 cm³/mol. The highest BCUT2D eigenvalue weighted by atomic mass is 32.1. The topological polar surface area (TPSA) is 59.9 Å². The second-order valence-corrected chi connectivity index (χ2v) is 8.17. The lowest BCUT2D eigenvalue weighted by Gasteiger charge is -2.12. The van der Waals surface area contributed by atoms with Gasteiger partial charge in [-0.2, -0.15) is 0 Å². The van der Waals surface area contributed by atoms with Crippen molar-refractivity contribution < 1.29 is 14.3 Å². The van der Waals surface area contributed by atoms with Gasteiger partial charge in [-0.3, -0.25) is 4.79 Å². The maximum absolute atomic E-state index is 13.1. The summed E-state index contributed by atoms with van der Waals surface area (Å²) < 4.78 is 10.8. The van der Waals surface area contributed by atoms with E-state index in [2.05, 4.69) is 5.32 Å². The van der Waals surface area contributed by atoms with Crippen molar-refractivity contribution >= 4 is 34.1 Å². The molecule has 5 rings (SSSR count). The summed E-state index contributed by atoms with van der Waals surface area (Å²) in [5, 5.41) is 3.79. The molecule has 1 aromatic heterocycles. The number of carbonyl (C=O) groups is 1. The van der Waals surface area contributed by atoms with Gasteiger partial charge in [0.1, 0.15) is 5.00 Å². The van der Waals surface area contributed by atoms with Crippen LogP contribution < -0.4 is 14.8 Å². The van der Waals surface area contributed by atoms with Crippen LogP contribution in [-0.2, 0) is 12.8 Å². The number of para-hydroxylation sites is 1. The zero-order valence-corrected chi connectivity index (χ0v) is 16.6. The van der Waals surface area contributed by atoms with E-state index in [0.29, 0.717) is 5.56 Å². The number of hydrogen-bond donors (Lipinski definition) is 1. The quantitative estimate of drug-likeness (QED) is 0.596. The van der Waals surface area contributed by atoms with Gasteiger partial charge in [-0.15, -0.1) is 11.3 Å². The average Bonchev–Trinajstić information content (AvgIpc) is 3.36. The Morgan fingerprint density at radius 1 is 1.03 bits per heavy atom. The molecular weight excluding hydrogens is 384 g/mol. The molecule has 5 nitrogen and oxygen atoms in total. The van der Waals surface area contributed by atoms with E-state index >= 15 is 0 Å². The van der Waals surface area contributed by atoms with E-state index in [9.17, 15) is 4.79 Å². The molecule has 0 saturated heterocycles. The van der Waals surface area contributed by atoms with Crippen molar-refractivity contribution in [3.05, 3.63) is 70.1 Å². The standard InChI is InChI=1S/C23H20N2O3S/c26-22(25-16-6-2-1-3-7-16)21-17-8-4-5-9-20(17)29-23(21)24-13-15-10-11-18-19(12-15)28-14-27-18/h1-3,6-7,10-13H,4-5,8-9,14H2,(H,25,26). The summed E-state index contributed by atoms with van der Waals surface area (Å²) in [4.78, 5) is 19.1. The number of fused-ring (bicyclic) bond motifs is 2. The molecule has 1 aliphatic heterocycles. The highest BCUT2D eigenvalue weighted by molar-refractivity contribution is 7.16. The molecule has 1 amide bonds. The van der Waals surface area contributed by atoms with Crippen LogP contribution in [0.2, 0.25) is 0 Å². The second kappa shape index (κ2) is 7.72. The number of benzene rings is 2. The first-order valence-corrected chi connectivity index (χ1v) is 10.5. The first-order chi connectivity index (χ1) is 14.3. The summed E-state index contributed by atoms with van der Waals surface area (Å²) in [6.45, 7) is 0.247. The van der Waals surface area contributed by atoms with Crippen LogP contribution in [-0.4, -0.2) is 18.9 Å². The van der Waals surface area contributed by atoms with Crippen LogP contribution in [0, 0.1) is 0 Å². The van der Waals surface area contributed by atoms with E-state index in [-0.39, 0.29) is 12.7 Å².